The minimum atomic E-state index is -4.27. The van der Waals surface area contributed by atoms with E-state index in [0.717, 1.165) is 4.31 Å². The molecule has 1 atom stereocenters. The molecule has 102 valence electrons. The lowest BCUT2D eigenvalue weighted by atomic mass is 10.2. The molecule has 1 aromatic rings. The van der Waals surface area contributed by atoms with Crippen LogP contribution in [0.2, 0.25) is 0 Å². The van der Waals surface area contributed by atoms with Crippen LogP contribution in [0.4, 0.5) is 0 Å². The van der Waals surface area contributed by atoms with E-state index in [-0.39, 0.29) is 18.5 Å². The predicted octanol–water partition coefficient (Wildman–Crippen LogP) is 0.706. The highest BCUT2D eigenvalue weighted by atomic mass is 32.2. The number of carbonyl (C=O) groups is 2. The van der Waals surface area contributed by atoms with Gasteiger partial charge in [0.1, 0.15) is 6.04 Å². The van der Waals surface area contributed by atoms with E-state index in [4.69, 9.17) is 5.11 Å². The molecule has 0 radical (unpaired) electrons. The Labute approximate surface area is 110 Å². The number of rotatable bonds is 3. The van der Waals surface area contributed by atoms with Crippen LogP contribution in [0.1, 0.15) is 23.2 Å². The maximum absolute atomic E-state index is 12.2. The first-order valence-corrected chi connectivity index (χ1v) is 7.22. The van der Waals surface area contributed by atoms with Gasteiger partial charge in [0.25, 0.3) is 15.1 Å². The zero-order chi connectivity index (χ0) is 14.0. The standard InChI is InChI=1S/C12H13NO5S/c14-11(15)10-7-4-8-13(10)19(17,18)12(16)9-5-2-1-3-6-9/h1-3,5-6,10H,4,7-8H2,(H,14,15)/t10-/m0/s1. The van der Waals surface area contributed by atoms with Gasteiger partial charge in [0, 0.05) is 12.1 Å². The molecule has 2 rings (SSSR count). The smallest absolute Gasteiger partial charge is 0.322 e. The summed E-state index contributed by atoms with van der Waals surface area (Å²) in [5.74, 6) is -1.22. The average Bonchev–Trinajstić information content (AvgIpc) is 2.89. The molecule has 1 fully saturated rings. The Morgan fingerprint density at radius 2 is 1.84 bits per heavy atom. The van der Waals surface area contributed by atoms with Gasteiger partial charge in [-0.2, -0.15) is 4.31 Å². The molecule has 19 heavy (non-hydrogen) atoms. The van der Waals surface area contributed by atoms with Crippen molar-refractivity contribution in [3.05, 3.63) is 35.9 Å². The van der Waals surface area contributed by atoms with Crippen LogP contribution in [0, 0.1) is 0 Å². The molecule has 0 bridgehead atoms. The number of hydrogen-bond acceptors (Lipinski definition) is 4. The molecule has 6 nitrogen and oxygen atoms in total. The molecular formula is C12H13NO5S. The van der Waals surface area contributed by atoms with E-state index in [1.807, 2.05) is 0 Å². The van der Waals surface area contributed by atoms with Gasteiger partial charge in [-0.1, -0.05) is 30.3 Å². The number of aliphatic carboxylic acids is 1. The van der Waals surface area contributed by atoms with Gasteiger partial charge in [-0.05, 0) is 12.8 Å². The molecular weight excluding hydrogens is 270 g/mol. The highest BCUT2D eigenvalue weighted by Gasteiger charge is 2.42. The first-order chi connectivity index (χ1) is 8.94. The highest BCUT2D eigenvalue weighted by molar-refractivity contribution is 8.04. The monoisotopic (exact) mass is 283 g/mol. The van der Waals surface area contributed by atoms with Gasteiger partial charge >= 0.3 is 5.97 Å². The van der Waals surface area contributed by atoms with E-state index in [1.165, 1.54) is 12.1 Å². The Morgan fingerprint density at radius 3 is 2.42 bits per heavy atom. The van der Waals surface area contributed by atoms with Gasteiger partial charge in [0.15, 0.2) is 0 Å². The Balaban J connectivity index is 2.33. The van der Waals surface area contributed by atoms with E-state index >= 15 is 0 Å². The van der Waals surface area contributed by atoms with Crippen molar-refractivity contribution in [3.63, 3.8) is 0 Å². The minimum Gasteiger partial charge on any atom is -0.480 e. The average molecular weight is 283 g/mol. The van der Waals surface area contributed by atoms with Crippen molar-refractivity contribution in [2.75, 3.05) is 6.54 Å². The Hall–Kier alpha value is -1.73. The zero-order valence-corrected chi connectivity index (χ0v) is 10.8. The van der Waals surface area contributed by atoms with E-state index < -0.39 is 27.1 Å². The van der Waals surface area contributed by atoms with Crippen LogP contribution >= 0.6 is 0 Å². The van der Waals surface area contributed by atoms with Crippen molar-refractivity contribution in [2.24, 2.45) is 0 Å². The van der Waals surface area contributed by atoms with Gasteiger partial charge in [0.2, 0.25) is 0 Å². The Kier molecular flexibility index (Phi) is 3.68. The third kappa shape index (κ3) is 2.52. The minimum absolute atomic E-state index is 0.0403. The maximum atomic E-state index is 12.2. The number of hydrogen-bond donors (Lipinski definition) is 1. The molecule has 1 aliphatic heterocycles. The topological polar surface area (TPSA) is 91.8 Å². The van der Waals surface area contributed by atoms with Crippen molar-refractivity contribution < 1.29 is 23.1 Å². The van der Waals surface area contributed by atoms with Crippen LogP contribution in [-0.2, 0) is 14.8 Å². The van der Waals surface area contributed by atoms with Gasteiger partial charge in [-0.25, -0.2) is 8.42 Å². The summed E-state index contributed by atoms with van der Waals surface area (Å²) in [7, 11) is -4.27. The SMILES string of the molecule is O=C(O)[C@@H]1CCCN1S(=O)(=O)C(=O)c1ccccc1. The van der Waals surface area contributed by atoms with Crippen LogP contribution < -0.4 is 0 Å². The number of sulfonamides is 1. The van der Waals surface area contributed by atoms with Crippen LogP contribution in [0.25, 0.3) is 0 Å². The number of carboxylic acid groups (broad SMARTS) is 1. The quantitative estimate of drug-likeness (QED) is 0.881. The maximum Gasteiger partial charge on any atom is 0.322 e. The summed E-state index contributed by atoms with van der Waals surface area (Å²) in [6.07, 6.45) is 0.675. The summed E-state index contributed by atoms with van der Waals surface area (Å²) in [4.78, 5) is 23.0. The van der Waals surface area contributed by atoms with Crippen LogP contribution in [0.3, 0.4) is 0 Å². The lowest BCUT2D eigenvalue weighted by molar-refractivity contribution is -0.140. The molecule has 1 heterocycles. The van der Waals surface area contributed by atoms with E-state index in [2.05, 4.69) is 0 Å². The van der Waals surface area contributed by atoms with E-state index in [9.17, 15) is 18.0 Å². The third-order valence-electron chi connectivity index (χ3n) is 3.04. The molecule has 0 saturated carbocycles. The fraction of sp³-hybridized carbons (Fsp3) is 0.333. The summed E-state index contributed by atoms with van der Waals surface area (Å²) in [5.41, 5.74) is 0.0403. The first kappa shape index (κ1) is 13.7. The molecule has 0 spiro atoms. The van der Waals surface area contributed by atoms with Gasteiger partial charge in [-0.3, -0.25) is 9.59 Å². The van der Waals surface area contributed by atoms with Gasteiger partial charge in [-0.15, -0.1) is 0 Å². The van der Waals surface area contributed by atoms with Crippen molar-refractivity contribution in [2.45, 2.75) is 18.9 Å². The Bertz CT molecular complexity index is 596. The van der Waals surface area contributed by atoms with Crippen LogP contribution in [0.5, 0.6) is 0 Å². The predicted molar refractivity (Wildman–Crippen MR) is 67.1 cm³/mol. The summed E-state index contributed by atoms with van der Waals surface area (Å²) in [6, 6.07) is 6.43. The fourth-order valence-electron chi connectivity index (χ4n) is 2.10. The van der Waals surface area contributed by atoms with E-state index in [1.54, 1.807) is 18.2 Å². The molecule has 1 saturated heterocycles. The number of benzene rings is 1. The zero-order valence-electron chi connectivity index (χ0n) is 10.0. The molecule has 7 heteroatoms. The van der Waals surface area contributed by atoms with Crippen molar-refractivity contribution in [1.82, 2.24) is 4.31 Å². The highest BCUT2D eigenvalue weighted by Crippen LogP contribution is 2.23. The van der Waals surface area contributed by atoms with Gasteiger partial charge in [0.05, 0.1) is 0 Å². The second-order valence-electron chi connectivity index (χ2n) is 4.27. The van der Waals surface area contributed by atoms with Crippen LogP contribution in [0.15, 0.2) is 30.3 Å². The number of nitrogens with zero attached hydrogens (tertiary/aromatic N) is 1. The normalized spacial score (nSPS) is 20.3. The lowest BCUT2D eigenvalue weighted by Crippen LogP contribution is -2.43. The second kappa shape index (κ2) is 5.10. The molecule has 1 aliphatic rings. The molecule has 0 amide bonds. The summed E-state index contributed by atoms with van der Waals surface area (Å²) >= 11 is 0. The molecule has 1 aromatic carbocycles. The lowest BCUT2D eigenvalue weighted by Gasteiger charge is -2.19. The fourth-order valence-corrected chi connectivity index (χ4v) is 3.65. The van der Waals surface area contributed by atoms with Crippen molar-refractivity contribution in [1.29, 1.82) is 0 Å². The van der Waals surface area contributed by atoms with Gasteiger partial charge < -0.3 is 5.11 Å². The second-order valence-corrected chi connectivity index (χ2v) is 6.06. The van der Waals surface area contributed by atoms with E-state index in [0.29, 0.717) is 6.42 Å². The largest absolute Gasteiger partial charge is 0.480 e. The van der Waals surface area contributed by atoms with Crippen molar-refractivity contribution in [3.8, 4) is 0 Å². The third-order valence-corrected chi connectivity index (χ3v) is 4.80. The summed E-state index contributed by atoms with van der Waals surface area (Å²) in [6.45, 7) is 0.0673. The number of carboxylic acids is 1. The molecule has 0 aliphatic carbocycles. The van der Waals surface area contributed by atoms with Crippen molar-refractivity contribution >= 4 is 21.1 Å². The summed E-state index contributed by atoms with van der Waals surface area (Å²) < 4.78 is 25.1. The Morgan fingerprint density at radius 1 is 1.21 bits per heavy atom. The number of carbonyl (C=O) groups excluding carboxylic acids is 1. The first-order valence-electron chi connectivity index (χ1n) is 5.78. The molecule has 0 unspecified atom stereocenters. The molecule has 1 N–H and O–H groups in total. The summed E-state index contributed by atoms with van der Waals surface area (Å²) in [5, 5.41) is 7.93. The van der Waals surface area contributed by atoms with Crippen LogP contribution in [-0.4, -0.2) is 41.5 Å². The molecule has 0 aromatic heterocycles.